The number of hydrogen-bond donors (Lipinski definition) is 2. The fraction of sp³-hybridized carbons (Fsp3) is 0.308. The van der Waals surface area contributed by atoms with E-state index in [1.807, 2.05) is 12.1 Å². The summed E-state index contributed by atoms with van der Waals surface area (Å²) in [5.41, 5.74) is 1.41. The predicted octanol–water partition coefficient (Wildman–Crippen LogP) is 0.0453. The van der Waals surface area contributed by atoms with Crippen molar-refractivity contribution in [3.8, 4) is 5.69 Å². The maximum absolute atomic E-state index is 12.1. The molecule has 2 amide bonds. The van der Waals surface area contributed by atoms with Gasteiger partial charge in [0.15, 0.2) is 5.82 Å². The minimum Gasteiger partial charge on any atom is -0.355 e. The molecule has 2 aromatic rings. The maximum Gasteiger partial charge on any atom is 0.229 e. The van der Waals surface area contributed by atoms with Gasteiger partial charge >= 0.3 is 0 Å². The molecule has 3 rings (SSSR count). The first-order valence-electron chi connectivity index (χ1n) is 6.56. The summed E-state index contributed by atoms with van der Waals surface area (Å²) in [7, 11) is 0. The Labute approximate surface area is 120 Å². The highest BCUT2D eigenvalue weighted by Crippen LogP contribution is 2.17. The first kappa shape index (κ1) is 13.2. The molecule has 1 saturated heterocycles. The van der Waals surface area contributed by atoms with Crippen LogP contribution in [0.25, 0.3) is 5.69 Å². The number of carbonyl (C=O) groups excluding carboxylic acids is 2. The minimum absolute atomic E-state index is 0.0896. The molecule has 0 spiro atoms. The summed E-state index contributed by atoms with van der Waals surface area (Å²) in [5, 5.41) is 16.8. The summed E-state index contributed by atoms with van der Waals surface area (Å²) >= 11 is 0. The summed E-state index contributed by atoms with van der Waals surface area (Å²) < 4.78 is 1.58. The van der Waals surface area contributed by atoms with Gasteiger partial charge in [0, 0.05) is 18.7 Å². The third kappa shape index (κ3) is 2.73. The van der Waals surface area contributed by atoms with Gasteiger partial charge in [-0.25, -0.2) is 0 Å². The van der Waals surface area contributed by atoms with Crippen LogP contribution in [0, 0.1) is 12.8 Å². The van der Waals surface area contributed by atoms with Crippen molar-refractivity contribution in [1.82, 2.24) is 25.5 Å². The molecule has 0 radical (unpaired) electrons. The van der Waals surface area contributed by atoms with Crippen molar-refractivity contribution in [1.29, 1.82) is 0 Å². The lowest BCUT2D eigenvalue weighted by Crippen LogP contribution is -2.24. The van der Waals surface area contributed by atoms with Gasteiger partial charge in [0.2, 0.25) is 11.8 Å². The Kier molecular flexibility index (Phi) is 3.35. The van der Waals surface area contributed by atoms with Gasteiger partial charge in [0.25, 0.3) is 0 Å². The molecular formula is C13H14N6O2. The second-order valence-corrected chi connectivity index (χ2v) is 4.88. The number of rotatable bonds is 3. The van der Waals surface area contributed by atoms with Gasteiger partial charge in [0.1, 0.15) is 0 Å². The van der Waals surface area contributed by atoms with Crippen molar-refractivity contribution < 1.29 is 9.59 Å². The monoisotopic (exact) mass is 286 g/mol. The average molecular weight is 286 g/mol. The second-order valence-electron chi connectivity index (χ2n) is 4.88. The summed E-state index contributed by atoms with van der Waals surface area (Å²) in [4.78, 5) is 23.2. The Morgan fingerprint density at radius 3 is 3.00 bits per heavy atom. The number of hydrogen-bond acceptors (Lipinski definition) is 5. The van der Waals surface area contributed by atoms with Crippen molar-refractivity contribution in [2.75, 3.05) is 11.9 Å². The third-order valence-corrected chi connectivity index (χ3v) is 3.33. The van der Waals surface area contributed by atoms with E-state index in [9.17, 15) is 9.59 Å². The van der Waals surface area contributed by atoms with Crippen molar-refractivity contribution >= 4 is 17.5 Å². The standard InChI is InChI=1S/C13H14N6O2/c1-8-16-17-18-19(8)11-4-2-3-10(6-11)15-13(21)9-5-12(20)14-7-9/h2-4,6,9H,5,7H2,1H3,(H,14,20)(H,15,21). The van der Waals surface area contributed by atoms with Crippen molar-refractivity contribution in [2.24, 2.45) is 5.92 Å². The lowest BCUT2D eigenvalue weighted by atomic mass is 10.1. The van der Waals surface area contributed by atoms with E-state index < -0.39 is 0 Å². The van der Waals surface area contributed by atoms with Crippen LogP contribution >= 0.6 is 0 Å². The molecule has 1 aromatic carbocycles. The topological polar surface area (TPSA) is 102 Å². The summed E-state index contributed by atoms with van der Waals surface area (Å²) in [6.45, 7) is 2.18. The molecule has 1 unspecified atom stereocenters. The molecule has 8 nitrogen and oxygen atoms in total. The van der Waals surface area contributed by atoms with Crippen molar-refractivity contribution in [3.63, 3.8) is 0 Å². The van der Waals surface area contributed by atoms with Crippen LogP contribution in [-0.2, 0) is 9.59 Å². The minimum atomic E-state index is -0.323. The third-order valence-electron chi connectivity index (χ3n) is 3.33. The number of benzene rings is 1. The number of aryl methyl sites for hydroxylation is 1. The number of nitrogens with zero attached hydrogens (tertiary/aromatic N) is 4. The summed E-state index contributed by atoms with van der Waals surface area (Å²) in [5.74, 6) is 0.0761. The zero-order valence-electron chi connectivity index (χ0n) is 11.4. The molecule has 1 aromatic heterocycles. The molecule has 21 heavy (non-hydrogen) atoms. The van der Waals surface area contributed by atoms with Gasteiger partial charge in [-0.15, -0.1) is 5.10 Å². The first-order valence-corrected chi connectivity index (χ1v) is 6.56. The lowest BCUT2D eigenvalue weighted by molar-refractivity contribution is -0.123. The van der Waals surface area contributed by atoms with E-state index in [4.69, 9.17) is 0 Å². The lowest BCUT2D eigenvalue weighted by Gasteiger charge is -2.10. The van der Waals surface area contributed by atoms with Crippen LogP contribution < -0.4 is 10.6 Å². The van der Waals surface area contributed by atoms with E-state index in [-0.39, 0.29) is 24.2 Å². The number of tetrazole rings is 1. The number of nitrogens with one attached hydrogen (secondary N) is 2. The Morgan fingerprint density at radius 2 is 2.33 bits per heavy atom. The Bertz CT molecular complexity index is 695. The van der Waals surface area contributed by atoms with E-state index in [2.05, 4.69) is 26.2 Å². The number of anilines is 1. The van der Waals surface area contributed by atoms with E-state index in [1.165, 1.54) is 0 Å². The number of aromatic nitrogens is 4. The molecular weight excluding hydrogens is 272 g/mol. The summed E-state index contributed by atoms with van der Waals surface area (Å²) in [6.07, 6.45) is 0.234. The quantitative estimate of drug-likeness (QED) is 0.829. The highest BCUT2D eigenvalue weighted by Gasteiger charge is 2.27. The zero-order valence-corrected chi connectivity index (χ0v) is 11.4. The zero-order chi connectivity index (χ0) is 14.8. The van der Waals surface area contributed by atoms with E-state index >= 15 is 0 Å². The van der Waals surface area contributed by atoms with Gasteiger partial charge in [-0.3, -0.25) is 9.59 Å². The van der Waals surface area contributed by atoms with Crippen LogP contribution in [0.15, 0.2) is 24.3 Å². The van der Waals surface area contributed by atoms with Gasteiger partial charge in [-0.05, 0) is 35.5 Å². The fourth-order valence-electron chi connectivity index (χ4n) is 2.22. The molecule has 1 aliphatic heterocycles. The molecule has 1 atom stereocenters. The Hall–Kier alpha value is -2.77. The van der Waals surface area contributed by atoms with E-state index in [0.717, 1.165) is 5.69 Å². The molecule has 1 fully saturated rings. The molecule has 0 bridgehead atoms. The molecule has 108 valence electrons. The average Bonchev–Trinajstić information content (AvgIpc) is 3.08. The second kappa shape index (κ2) is 5.31. The van der Waals surface area contributed by atoms with Crippen molar-refractivity contribution in [2.45, 2.75) is 13.3 Å². The van der Waals surface area contributed by atoms with Crippen LogP contribution in [-0.4, -0.2) is 38.6 Å². The number of carbonyl (C=O) groups is 2. The number of amides is 2. The normalized spacial score (nSPS) is 17.6. The SMILES string of the molecule is Cc1nnnn1-c1cccc(NC(=O)C2CNC(=O)C2)c1. The molecule has 2 heterocycles. The van der Waals surface area contributed by atoms with Gasteiger partial charge in [-0.2, -0.15) is 4.68 Å². The molecule has 8 heteroatoms. The van der Waals surface area contributed by atoms with Gasteiger partial charge in [-0.1, -0.05) is 6.07 Å². The van der Waals surface area contributed by atoms with Crippen LogP contribution in [0.3, 0.4) is 0 Å². The fourth-order valence-corrected chi connectivity index (χ4v) is 2.22. The Morgan fingerprint density at radius 1 is 1.48 bits per heavy atom. The predicted molar refractivity (Wildman–Crippen MR) is 73.6 cm³/mol. The smallest absolute Gasteiger partial charge is 0.229 e. The molecule has 0 aliphatic carbocycles. The maximum atomic E-state index is 12.1. The van der Waals surface area contributed by atoms with Crippen molar-refractivity contribution in [3.05, 3.63) is 30.1 Å². The van der Waals surface area contributed by atoms with Crippen LogP contribution in [0.1, 0.15) is 12.2 Å². The van der Waals surface area contributed by atoms with Gasteiger partial charge < -0.3 is 10.6 Å². The molecule has 2 N–H and O–H groups in total. The highest BCUT2D eigenvalue weighted by molar-refractivity contribution is 5.97. The highest BCUT2D eigenvalue weighted by atomic mass is 16.2. The Balaban J connectivity index is 1.76. The molecule has 0 saturated carbocycles. The van der Waals surface area contributed by atoms with Crippen LogP contribution in [0.4, 0.5) is 5.69 Å². The van der Waals surface area contributed by atoms with Crippen LogP contribution in [0.2, 0.25) is 0 Å². The summed E-state index contributed by atoms with van der Waals surface area (Å²) in [6, 6.07) is 7.22. The van der Waals surface area contributed by atoms with E-state index in [0.29, 0.717) is 18.1 Å². The van der Waals surface area contributed by atoms with Gasteiger partial charge in [0.05, 0.1) is 11.6 Å². The largest absolute Gasteiger partial charge is 0.355 e. The van der Waals surface area contributed by atoms with Crippen LogP contribution in [0.5, 0.6) is 0 Å². The first-order chi connectivity index (χ1) is 10.1. The van der Waals surface area contributed by atoms with E-state index in [1.54, 1.807) is 23.7 Å². The molecule has 1 aliphatic rings.